The number of nitrogens with zero attached hydrogens (tertiary/aromatic N) is 4. The summed E-state index contributed by atoms with van der Waals surface area (Å²) in [5.41, 5.74) is 2.15. The highest BCUT2D eigenvalue weighted by atomic mass is 19.3. The van der Waals surface area contributed by atoms with Crippen molar-refractivity contribution >= 4 is 6.08 Å². The van der Waals surface area contributed by atoms with Gasteiger partial charge in [-0.1, -0.05) is 0 Å². The zero-order chi connectivity index (χ0) is 18.9. The van der Waals surface area contributed by atoms with Crippen molar-refractivity contribution in [2.75, 3.05) is 13.1 Å². The fourth-order valence-electron chi connectivity index (χ4n) is 2.98. The fraction of sp³-hybridized carbons (Fsp3) is 0.211. The lowest BCUT2D eigenvalue weighted by molar-refractivity contribution is 0.0296. The molecule has 0 unspecified atom stereocenters. The molecule has 2 aromatic heterocycles. The molecule has 8 heteroatoms. The molecule has 1 aliphatic rings. The number of aromatic hydroxyl groups is 1. The molecule has 2 N–H and O–H groups in total. The predicted octanol–water partition coefficient (Wildman–Crippen LogP) is 3.05. The molecule has 27 heavy (non-hydrogen) atoms. The Morgan fingerprint density at radius 1 is 1.22 bits per heavy atom. The van der Waals surface area contributed by atoms with Crippen molar-refractivity contribution in [3.63, 3.8) is 0 Å². The summed E-state index contributed by atoms with van der Waals surface area (Å²) < 4.78 is 29.5. The van der Waals surface area contributed by atoms with Crippen LogP contribution in [0.2, 0.25) is 0 Å². The number of piperidine rings is 1. The fourth-order valence-corrected chi connectivity index (χ4v) is 2.98. The van der Waals surface area contributed by atoms with Gasteiger partial charge in [0.15, 0.2) is 0 Å². The number of alkyl halides is 2. The number of hydrogen-bond acceptors (Lipinski definition) is 5. The normalized spacial score (nSPS) is 17.9. The Hall–Kier alpha value is -3.13. The molecular formula is C19H17F2N5O. The van der Waals surface area contributed by atoms with Crippen molar-refractivity contribution < 1.29 is 13.9 Å². The van der Waals surface area contributed by atoms with E-state index in [1.807, 2.05) is 6.07 Å². The summed E-state index contributed by atoms with van der Waals surface area (Å²) in [7, 11) is 0. The molecule has 6 nitrogen and oxygen atoms in total. The Morgan fingerprint density at radius 3 is 2.78 bits per heavy atom. The largest absolute Gasteiger partial charge is 0.507 e. The van der Waals surface area contributed by atoms with E-state index in [4.69, 9.17) is 0 Å². The van der Waals surface area contributed by atoms with E-state index >= 15 is 0 Å². The van der Waals surface area contributed by atoms with Gasteiger partial charge >= 0.3 is 0 Å². The van der Waals surface area contributed by atoms with Gasteiger partial charge in [-0.3, -0.25) is 9.97 Å². The van der Waals surface area contributed by atoms with Gasteiger partial charge < -0.3 is 15.0 Å². The first kappa shape index (κ1) is 17.3. The number of hydrogen-bond donors (Lipinski definition) is 2. The van der Waals surface area contributed by atoms with Crippen LogP contribution in [0.5, 0.6) is 5.75 Å². The SMILES string of the molecule is Oc1cc(-n2ccnc2)ccc1-c1cnc(C=C2CCNCC2(F)F)cn1. The Bertz CT molecular complexity index is 968. The second kappa shape index (κ2) is 6.88. The highest BCUT2D eigenvalue weighted by molar-refractivity contribution is 5.68. The van der Waals surface area contributed by atoms with Crippen LogP contribution < -0.4 is 5.32 Å². The maximum Gasteiger partial charge on any atom is 0.281 e. The minimum Gasteiger partial charge on any atom is -0.507 e. The molecule has 3 heterocycles. The van der Waals surface area contributed by atoms with Gasteiger partial charge in [0.25, 0.3) is 5.92 Å². The van der Waals surface area contributed by atoms with Crippen LogP contribution in [-0.4, -0.2) is 43.6 Å². The molecule has 0 amide bonds. The molecular weight excluding hydrogens is 352 g/mol. The first-order valence-electron chi connectivity index (χ1n) is 8.46. The van der Waals surface area contributed by atoms with Crippen LogP contribution in [0.4, 0.5) is 8.78 Å². The van der Waals surface area contributed by atoms with Crippen LogP contribution in [0.15, 0.2) is 54.9 Å². The first-order valence-corrected chi connectivity index (χ1v) is 8.46. The number of benzene rings is 1. The van der Waals surface area contributed by atoms with Gasteiger partial charge in [0.2, 0.25) is 0 Å². The zero-order valence-corrected chi connectivity index (χ0v) is 14.3. The molecule has 0 bridgehead atoms. The molecule has 0 radical (unpaired) electrons. The average molecular weight is 369 g/mol. The van der Waals surface area contributed by atoms with Crippen LogP contribution in [0, 0.1) is 0 Å². The topological polar surface area (TPSA) is 75.9 Å². The molecule has 0 aliphatic carbocycles. The Morgan fingerprint density at radius 2 is 2.11 bits per heavy atom. The summed E-state index contributed by atoms with van der Waals surface area (Å²) in [4.78, 5) is 12.5. The number of halogens is 2. The summed E-state index contributed by atoms with van der Waals surface area (Å²) >= 11 is 0. The third-order valence-electron chi connectivity index (χ3n) is 4.44. The zero-order valence-electron chi connectivity index (χ0n) is 14.3. The summed E-state index contributed by atoms with van der Waals surface area (Å²) in [5.74, 6) is -2.83. The third-order valence-corrected chi connectivity index (χ3v) is 4.44. The lowest BCUT2D eigenvalue weighted by atomic mass is 10.0. The van der Waals surface area contributed by atoms with Crippen LogP contribution in [0.25, 0.3) is 23.0 Å². The highest BCUT2D eigenvalue weighted by Gasteiger charge is 2.36. The minimum atomic E-state index is -2.87. The van der Waals surface area contributed by atoms with Gasteiger partial charge in [0.05, 0.1) is 42.3 Å². The van der Waals surface area contributed by atoms with Crippen molar-refractivity contribution in [1.82, 2.24) is 24.8 Å². The van der Waals surface area contributed by atoms with E-state index in [1.165, 1.54) is 18.5 Å². The number of nitrogens with one attached hydrogen (secondary N) is 1. The molecule has 0 atom stereocenters. The van der Waals surface area contributed by atoms with E-state index in [-0.39, 0.29) is 24.3 Å². The van der Waals surface area contributed by atoms with Crippen molar-refractivity contribution in [1.29, 1.82) is 0 Å². The van der Waals surface area contributed by atoms with Gasteiger partial charge in [-0.25, -0.2) is 13.8 Å². The predicted molar refractivity (Wildman–Crippen MR) is 96.7 cm³/mol. The summed E-state index contributed by atoms with van der Waals surface area (Å²) in [5, 5.41) is 13.0. The van der Waals surface area contributed by atoms with Gasteiger partial charge in [-0.15, -0.1) is 0 Å². The van der Waals surface area contributed by atoms with Crippen LogP contribution >= 0.6 is 0 Å². The molecule has 1 aliphatic heterocycles. The average Bonchev–Trinajstić information content (AvgIpc) is 3.19. The number of rotatable bonds is 3. The molecule has 138 valence electrons. The maximum atomic E-state index is 13.9. The summed E-state index contributed by atoms with van der Waals surface area (Å²) in [6, 6.07) is 5.15. The minimum absolute atomic E-state index is 0.0477. The molecule has 0 saturated carbocycles. The molecule has 1 saturated heterocycles. The van der Waals surface area contributed by atoms with Crippen molar-refractivity contribution in [2.24, 2.45) is 0 Å². The van der Waals surface area contributed by atoms with E-state index in [9.17, 15) is 13.9 Å². The summed E-state index contributed by atoms with van der Waals surface area (Å²) in [6.07, 6.45) is 9.61. The lowest BCUT2D eigenvalue weighted by Gasteiger charge is -2.25. The van der Waals surface area contributed by atoms with E-state index in [2.05, 4.69) is 20.3 Å². The highest BCUT2D eigenvalue weighted by Crippen LogP contribution is 2.31. The van der Waals surface area contributed by atoms with E-state index in [0.717, 1.165) is 5.69 Å². The van der Waals surface area contributed by atoms with Crippen molar-refractivity contribution in [3.8, 4) is 22.7 Å². The smallest absolute Gasteiger partial charge is 0.281 e. The standard InChI is InChI=1S/C19H17F2N5O/c20-19(21)11-22-4-3-13(19)7-14-9-25-17(10-24-14)16-2-1-15(8-18(16)27)26-6-5-23-12-26/h1-2,5-10,12,22,27H,3-4,11H2. The van der Waals surface area contributed by atoms with Gasteiger partial charge in [0.1, 0.15) is 5.75 Å². The van der Waals surface area contributed by atoms with Crippen LogP contribution in [-0.2, 0) is 0 Å². The number of imidazole rings is 1. The molecule has 0 spiro atoms. The third kappa shape index (κ3) is 3.56. The van der Waals surface area contributed by atoms with E-state index in [0.29, 0.717) is 23.5 Å². The second-order valence-corrected chi connectivity index (χ2v) is 6.30. The Balaban J connectivity index is 1.59. The van der Waals surface area contributed by atoms with Crippen LogP contribution in [0.1, 0.15) is 12.1 Å². The first-order chi connectivity index (χ1) is 13.0. The quantitative estimate of drug-likeness (QED) is 0.742. The molecule has 3 aromatic rings. The molecule has 4 rings (SSSR count). The monoisotopic (exact) mass is 369 g/mol. The number of phenols is 1. The Labute approximate surface area is 154 Å². The van der Waals surface area contributed by atoms with Gasteiger partial charge in [0, 0.05) is 29.6 Å². The van der Waals surface area contributed by atoms with Gasteiger partial charge in [-0.2, -0.15) is 0 Å². The molecule has 1 fully saturated rings. The number of aromatic nitrogens is 4. The van der Waals surface area contributed by atoms with E-state index < -0.39 is 5.92 Å². The van der Waals surface area contributed by atoms with Gasteiger partial charge in [-0.05, 0) is 31.2 Å². The van der Waals surface area contributed by atoms with Crippen molar-refractivity contribution in [2.45, 2.75) is 12.3 Å². The lowest BCUT2D eigenvalue weighted by Crippen LogP contribution is -2.40. The maximum absolute atomic E-state index is 13.9. The second-order valence-electron chi connectivity index (χ2n) is 6.30. The Kier molecular flexibility index (Phi) is 4.41. The summed E-state index contributed by atoms with van der Waals surface area (Å²) in [6.45, 7) is 0.158. The van der Waals surface area contributed by atoms with Crippen molar-refractivity contribution in [3.05, 3.63) is 60.6 Å². The molecule has 1 aromatic carbocycles. The number of phenolic OH excluding ortho intramolecular Hbond substituents is 1. The van der Waals surface area contributed by atoms with Crippen LogP contribution in [0.3, 0.4) is 0 Å². The van der Waals surface area contributed by atoms with E-state index in [1.54, 1.807) is 35.4 Å².